The molecule has 0 spiro atoms. The van der Waals surface area contributed by atoms with Gasteiger partial charge >= 0.3 is 0 Å². The Morgan fingerprint density at radius 3 is 2.19 bits per heavy atom. The smallest absolute Gasteiger partial charge is 0.149 e. The van der Waals surface area contributed by atoms with Crippen molar-refractivity contribution in [2.45, 2.75) is 52.6 Å². The molecule has 0 aliphatic heterocycles. The summed E-state index contributed by atoms with van der Waals surface area (Å²) in [6.45, 7) is 8.54. The molecule has 0 aromatic heterocycles. The Morgan fingerprint density at radius 2 is 1.81 bits per heavy atom. The summed E-state index contributed by atoms with van der Waals surface area (Å²) in [6, 6.07) is 0.800. The number of hydrogen-bond donors (Lipinski definition) is 1. The highest BCUT2D eigenvalue weighted by Crippen LogP contribution is 2.26. The van der Waals surface area contributed by atoms with E-state index in [4.69, 9.17) is 0 Å². The quantitative estimate of drug-likeness (QED) is 0.745. The predicted octanol–water partition coefficient (Wildman–Crippen LogP) is 2.79. The molecule has 0 amide bonds. The SMILES string of the molecule is CC(C)N(C1=CC(O)=C(C=O)CC1)C(C)C. The van der Waals surface area contributed by atoms with Crippen LogP contribution in [0.5, 0.6) is 0 Å². The number of hydrogen-bond acceptors (Lipinski definition) is 3. The molecule has 0 fully saturated rings. The molecule has 1 aliphatic carbocycles. The molecular formula is C13H21NO2. The van der Waals surface area contributed by atoms with Crippen molar-refractivity contribution in [1.29, 1.82) is 0 Å². The van der Waals surface area contributed by atoms with Crippen LogP contribution in [0.4, 0.5) is 0 Å². The van der Waals surface area contributed by atoms with E-state index in [9.17, 15) is 9.90 Å². The standard InChI is InChI=1S/C13H21NO2/c1-9(2)14(10(3)4)12-6-5-11(8-15)13(16)7-12/h7-10,16H,5-6H2,1-4H3. The third kappa shape index (κ3) is 2.65. The Morgan fingerprint density at radius 1 is 1.25 bits per heavy atom. The summed E-state index contributed by atoms with van der Waals surface area (Å²) in [6.07, 6.45) is 3.94. The summed E-state index contributed by atoms with van der Waals surface area (Å²) in [5.41, 5.74) is 1.63. The maximum Gasteiger partial charge on any atom is 0.149 e. The van der Waals surface area contributed by atoms with Crippen molar-refractivity contribution in [2.24, 2.45) is 0 Å². The first-order valence-electron chi connectivity index (χ1n) is 5.83. The largest absolute Gasteiger partial charge is 0.507 e. The lowest BCUT2D eigenvalue weighted by atomic mass is 9.99. The van der Waals surface area contributed by atoms with Gasteiger partial charge in [0.1, 0.15) is 12.0 Å². The summed E-state index contributed by atoms with van der Waals surface area (Å²) < 4.78 is 0. The van der Waals surface area contributed by atoms with E-state index in [1.165, 1.54) is 0 Å². The fourth-order valence-electron chi connectivity index (χ4n) is 2.30. The molecule has 1 aliphatic rings. The summed E-state index contributed by atoms with van der Waals surface area (Å²) in [5.74, 6) is 0.127. The van der Waals surface area contributed by atoms with Crippen molar-refractivity contribution in [3.63, 3.8) is 0 Å². The topological polar surface area (TPSA) is 40.5 Å². The zero-order chi connectivity index (χ0) is 12.3. The number of carbonyl (C=O) groups excluding carboxylic acids is 1. The maximum atomic E-state index is 10.7. The van der Waals surface area contributed by atoms with Crippen LogP contribution in [0.15, 0.2) is 23.1 Å². The Kier molecular flexibility index (Phi) is 4.16. The van der Waals surface area contributed by atoms with Crippen molar-refractivity contribution in [1.82, 2.24) is 4.90 Å². The fraction of sp³-hybridized carbons (Fsp3) is 0.615. The number of rotatable bonds is 4. The van der Waals surface area contributed by atoms with Gasteiger partial charge in [-0.15, -0.1) is 0 Å². The number of nitrogens with zero attached hydrogens (tertiary/aromatic N) is 1. The van der Waals surface area contributed by atoms with Crippen LogP contribution >= 0.6 is 0 Å². The van der Waals surface area contributed by atoms with Crippen LogP contribution in [0.2, 0.25) is 0 Å². The molecular weight excluding hydrogens is 202 g/mol. The van der Waals surface area contributed by atoms with E-state index in [1.54, 1.807) is 6.08 Å². The predicted molar refractivity (Wildman–Crippen MR) is 65.1 cm³/mol. The number of aliphatic hydroxyl groups is 1. The molecule has 0 radical (unpaired) electrons. The number of carbonyl (C=O) groups is 1. The summed E-state index contributed by atoms with van der Waals surface area (Å²) >= 11 is 0. The molecule has 1 rings (SSSR count). The third-order valence-electron chi connectivity index (χ3n) is 2.87. The monoisotopic (exact) mass is 223 g/mol. The second kappa shape index (κ2) is 5.19. The van der Waals surface area contributed by atoms with Crippen LogP contribution < -0.4 is 0 Å². The maximum absolute atomic E-state index is 10.7. The molecule has 3 heteroatoms. The molecule has 0 bridgehead atoms. The second-order valence-electron chi connectivity index (χ2n) is 4.76. The minimum atomic E-state index is 0.127. The lowest BCUT2D eigenvalue weighted by Crippen LogP contribution is -2.36. The van der Waals surface area contributed by atoms with Gasteiger partial charge in [-0.3, -0.25) is 4.79 Å². The Hall–Kier alpha value is -1.25. The molecule has 0 saturated heterocycles. The number of aliphatic hydroxyl groups excluding tert-OH is 1. The van der Waals surface area contributed by atoms with E-state index in [1.807, 2.05) is 0 Å². The first kappa shape index (κ1) is 12.8. The van der Waals surface area contributed by atoms with E-state index in [2.05, 4.69) is 32.6 Å². The lowest BCUT2D eigenvalue weighted by molar-refractivity contribution is -0.105. The van der Waals surface area contributed by atoms with Gasteiger partial charge in [-0.2, -0.15) is 0 Å². The van der Waals surface area contributed by atoms with Crippen LogP contribution in [0.1, 0.15) is 40.5 Å². The van der Waals surface area contributed by atoms with E-state index >= 15 is 0 Å². The van der Waals surface area contributed by atoms with Gasteiger partial charge in [-0.1, -0.05) is 0 Å². The van der Waals surface area contributed by atoms with E-state index in [0.29, 0.717) is 24.1 Å². The molecule has 0 atom stereocenters. The van der Waals surface area contributed by atoms with Crippen molar-refractivity contribution in [3.05, 3.63) is 23.1 Å². The van der Waals surface area contributed by atoms with E-state index in [-0.39, 0.29) is 5.76 Å². The third-order valence-corrected chi connectivity index (χ3v) is 2.87. The Labute approximate surface area is 97.4 Å². The summed E-state index contributed by atoms with van der Waals surface area (Å²) in [5, 5.41) is 9.70. The molecule has 3 nitrogen and oxygen atoms in total. The highest BCUT2D eigenvalue weighted by Gasteiger charge is 2.21. The van der Waals surface area contributed by atoms with Crippen LogP contribution in [0.3, 0.4) is 0 Å². The molecule has 90 valence electrons. The molecule has 16 heavy (non-hydrogen) atoms. The zero-order valence-electron chi connectivity index (χ0n) is 10.5. The van der Waals surface area contributed by atoms with Gasteiger partial charge < -0.3 is 10.0 Å². The van der Waals surface area contributed by atoms with Gasteiger partial charge in [-0.25, -0.2) is 0 Å². The fourth-order valence-corrected chi connectivity index (χ4v) is 2.30. The molecule has 0 saturated carbocycles. The van der Waals surface area contributed by atoms with Crippen molar-refractivity contribution >= 4 is 6.29 Å². The highest BCUT2D eigenvalue weighted by molar-refractivity contribution is 5.75. The average Bonchev–Trinajstić information content (AvgIpc) is 2.16. The highest BCUT2D eigenvalue weighted by atomic mass is 16.3. The molecule has 0 heterocycles. The van der Waals surface area contributed by atoms with E-state index < -0.39 is 0 Å². The summed E-state index contributed by atoms with van der Waals surface area (Å²) in [4.78, 5) is 12.9. The van der Waals surface area contributed by atoms with Gasteiger partial charge in [0.25, 0.3) is 0 Å². The van der Waals surface area contributed by atoms with Gasteiger partial charge in [0.2, 0.25) is 0 Å². The van der Waals surface area contributed by atoms with Crippen molar-refractivity contribution < 1.29 is 9.90 Å². The second-order valence-corrected chi connectivity index (χ2v) is 4.76. The minimum absolute atomic E-state index is 0.127. The minimum Gasteiger partial charge on any atom is -0.507 e. The first-order chi connectivity index (χ1) is 7.47. The Bertz CT molecular complexity index is 319. The average molecular weight is 223 g/mol. The van der Waals surface area contributed by atoms with Crippen LogP contribution in [0.25, 0.3) is 0 Å². The molecule has 0 aromatic rings. The van der Waals surface area contributed by atoms with Crippen LogP contribution in [-0.2, 0) is 4.79 Å². The molecule has 0 unspecified atom stereocenters. The van der Waals surface area contributed by atoms with Crippen LogP contribution in [0, 0.1) is 0 Å². The van der Waals surface area contributed by atoms with Crippen molar-refractivity contribution in [3.8, 4) is 0 Å². The van der Waals surface area contributed by atoms with E-state index in [0.717, 1.165) is 18.4 Å². The first-order valence-corrected chi connectivity index (χ1v) is 5.83. The van der Waals surface area contributed by atoms with Gasteiger partial charge in [0.15, 0.2) is 0 Å². The normalized spacial score (nSPS) is 16.8. The van der Waals surface area contributed by atoms with Crippen molar-refractivity contribution in [2.75, 3.05) is 0 Å². The molecule has 1 N–H and O–H groups in total. The van der Waals surface area contributed by atoms with Crippen LogP contribution in [-0.4, -0.2) is 28.4 Å². The Balaban J connectivity index is 2.97. The zero-order valence-corrected chi connectivity index (χ0v) is 10.5. The van der Waals surface area contributed by atoms with Gasteiger partial charge in [-0.05, 0) is 46.6 Å². The lowest BCUT2D eigenvalue weighted by Gasteiger charge is -2.36. The summed E-state index contributed by atoms with van der Waals surface area (Å²) in [7, 11) is 0. The van der Waals surface area contributed by atoms with Gasteiger partial charge in [0.05, 0.1) is 0 Å². The van der Waals surface area contributed by atoms with Gasteiger partial charge in [0, 0.05) is 23.4 Å². The molecule has 0 aromatic carbocycles. The number of aldehydes is 1. The number of allylic oxidation sites excluding steroid dienone is 3.